The number of fused-ring (bicyclic) bond motifs is 1. The van der Waals surface area contributed by atoms with E-state index < -0.39 is 0 Å². The van der Waals surface area contributed by atoms with Crippen molar-refractivity contribution in [1.82, 2.24) is 5.32 Å². The van der Waals surface area contributed by atoms with Gasteiger partial charge in [0.15, 0.2) is 0 Å². The molecule has 96 valence electrons. The standard InChI is InChI=1S/C17H23N/c1-12-10-11-13-8-6-7-9-14(13)15(12)16(18-5)17(2,3)4/h6-11,16,18H,1-5H3. The maximum atomic E-state index is 3.49. The zero-order valence-electron chi connectivity index (χ0n) is 12.0. The minimum Gasteiger partial charge on any atom is -0.313 e. The van der Waals surface area contributed by atoms with E-state index in [0.717, 1.165) is 0 Å². The number of hydrogen-bond acceptors (Lipinski definition) is 1. The molecule has 0 aliphatic carbocycles. The van der Waals surface area contributed by atoms with Crippen LogP contribution in [-0.2, 0) is 0 Å². The number of rotatable bonds is 2. The molecule has 0 amide bonds. The second-order valence-corrected chi connectivity index (χ2v) is 6.10. The minimum absolute atomic E-state index is 0.198. The largest absolute Gasteiger partial charge is 0.313 e. The van der Waals surface area contributed by atoms with Crippen molar-refractivity contribution in [3.05, 3.63) is 47.5 Å². The van der Waals surface area contributed by atoms with E-state index in [0.29, 0.717) is 6.04 Å². The van der Waals surface area contributed by atoms with Crippen LogP contribution in [0.2, 0.25) is 0 Å². The molecular formula is C17H23N. The highest BCUT2D eigenvalue weighted by atomic mass is 14.9. The fourth-order valence-electron chi connectivity index (χ4n) is 2.80. The van der Waals surface area contributed by atoms with Crippen LogP contribution >= 0.6 is 0 Å². The molecule has 0 aliphatic heterocycles. The van der Waals surface area contributed by atoms with Crippen LogP contribution in [0.1, 0.15) is 37.9 Å². The molecule has 0 aromatic heterocycles. The molecule has 0 aliphatic rings. The molecule has 0 radical (unpaired) electrons. The number of benzene rings is 2. The second kappa shape index (κ2) is 4.74. The Kier molecular flexibility index (Phi) is 3.45. The zero-order chi connectivity index (χ0) is 13.3. The van der Waals surface area contributed by atoms with Crippen LogP contribution in [0.3, 0.4) is 0 Å². The first-order chi connectivity index (χ1) is 8.45. The lowest BCUT2D eigenvalue weighted by Gasteiger charge is -2.33. The first-order valence-corrected chi connectivity index (χ1v) is 6.60. The van der Waals surface area contributed by atoms with Crippen LogP contribution in [0.5, 0.6) is 0 Å². The lowest BCUT2D eigenvalue weighted by Crippen LogP contribution is -2.30. The highest BCUT2D eigenvalue weighted by Gasteiger charge is 2.27. The molecule has 2 rings (SSSR count). The third kappa shape index (κ3) is 2.28. The Bertz CT molecular complexity index is 549. The van der Waals surface area contributed by atoms with Gasteiger partial charge in [-0.15, -0.1) is 0 Å². The highest BCUT2D eigenvalue weighted by Crippen LogP contribution is 2.37. The Hall–Kier alpha value is -1.34. The van der Waals surface area contributed by atoms with Gasteiger partial charge in [0.05, 0.1) is 0 Å². The monoisotopic (exact) mass is 241 g/mol. The molecule has 1 atom stereocenters. The van der Waals surface area contributed by atoms with E-state index in [2.05, 4.69) is 76.5 Å². The Morgan fingerprint density at radius 2 is 1.67 bits per heavy atom. The van der Waals surface area contributed by atoms with Gasteiger partial charge in [0.1, 0.15) is 0 Å². The number of nitrogens with one attached hydrogen (secondary N) is 1. The molecule has 0 bridgehead atoms. The molecule has 1 heteroatoms. The predicted octanol–water partition coefficient (Wildman–Crippen LogP) is 4.45. The summed E-state index contributed by atoms with van der Waals surface area (Å²) in [6.07, 6.45) is 0. The number of aryl methyl sites for hydroxylation is 1. The lowest BCUT2D eigenvalue weighted by molar-refractivity contribution is 0.288. The third-order valence-corrected chi connectivity index (χ3v) is 3.63. The Balaban J connectivity index is 2.72. The molecule has 1 unspecified atom stereocenters. The molecular weight excluding hydrogens is 218 g/mol. The van der Waals surface area contributed by atoms with Crippen molar-refractivity contribution in [1.29, 1.82) is 0 Å². The van der Waals surface area contributed by atoms with E-state index in [-0.39, 0.29) is 5.41 Å². The summed E-state index contributed by atoms with van der Waals surface area (Å²) in [7, 11) is 2.05. The minimum atomic E-state index is 0.198. The Labute approximate surface area is 110 Å². The topological polar surface area (TPSA) is 12.0 Å². The van der Waals surface area contributed by atoms with Crippen LogP contribution in [0.4, 0.5) is 0 Å². The Morgan fingerprint density at radius 1 is 1.00 bits per heavy atom. The van der Waals surface area contributed by atoms with Gasteiger partial charge >= 0.3 is 0 Å². The highest BCUT2D eigenvalue weighted by molar-refractivity contribution is 5.87. The first kappa shape index (κ1) is 13.1. The Morgan fingerprint density at radius 3 is 2.28 bits per heavy atom. The molecule has 18 heavy (non-hydrogen) atoms. The smallest absolute Gasteiger partial charge is 0.0375 e. The molecule has 0 spiro atoms. The lowest BCUT2D eigenvalue weighted by atomic mass is 9.79. The summed E-state index contributed by atoms with van der Waals surface area (Å²) in [6, 6.07) is 13.5. The fraction of sp³-hybridized carbons (Fsp3) is 0.412. The average Bonchev–Trinajstić information content (AvgIpc) is 2.31. The van der Waals surface area contributed by atoms with Crippen LogP contribution < -0.4 is 5.32 Å². The van der Waals surface area contributed by atoms with E-state index in [1.165, 1.54) is 21.9 Å². The molecule has 0 saturated heterocycles. The van der Waals surface area contributed by atoms with Crippen LogP contribution in [0.15, 0.2) is 36.4 Å². The van der Waals surface area contributed by atoms with Crippen molar-refractivity contribution in [2.45, 2.75) is 33.7 Å². The fourth-order valence-corrected chi connectivity index (χ4v) is 2.80. The van der Waals surface area contributed by atoms with Gasteiger partial charge in [-0.25, -0.2) is 0 Å². The van der Waals surface area contributed by atoms with E-state index in [9.17, 15) is 0 Å². The summed E-state index contributed by atoms with van der Waals surface area (Å²) >= 11 is 0. The van der Waals surface area contributed by atoms with Crippen molar-refractivity contribution in [2.24, 2.45) is 5.41 Å². The molecule has 0 heterocycles. The quantitative estimate of drug-likeness (QED) is 0.818. The van der Waals surface area contributed by atoms with Gasteiger partial charge < -0.3 is 5.32 Å². The third-order valence-electron chi connectivity index (χ3n) is 3.63. The van der Waals surface area contributed by atoms with Crippen molar-refractivity contribution in [3.8, 4) is 0 Å². The number of hydrogen-bond donors (Lipinski definition) is 1. The summed E-state index contributed by atoms with van der Waals surface area (Å²) in [5.74, 6) is 0. The molecule has 0 fully saturated rings. The maximum Gasteiger partial charge on any atom is 0.0375 e. The molecule has 2 aromatic rings. The molecule has 1 N–H and O–H groups in total. The van der Waals surface area contributed by atoms with Crippen LogP contribution in [-0.4, -0.2) is 7.05 Å². The van der Waals surface area contributed by atoms with E-state index in [4.69, 9.17) is 0 Å². The molecule has 2 aromatic carbocycles. The van der Waals surface area contributed by atoms with Gasteiger partial charge in [0.25, 0.3) is 0 Å². The van der Waals surface area contributed by atoms with E-state index >= 15 is 0 Å². The second-order valence-electron chi connectivity index (χ2n) is 6.10. The van der Waals surface area contributed by atoms with Crippen molar-refractivity contribution < 1.29 is 0 Å². The van der Waals surface area contributed by atoms with Crippen molar-refractivity contribution in [3.63, 3.8) is 0 Å². The van der Waals surface area contributed by atoms with E-state index in [1.807, 2.05) is 0 Å². The maximum absolute atomic E-state index is 3.49. The normalized spacial score (nSPS) is 13.8. The van der Waals surface area contributed by atoms with Gasteiger partial charge in [-0.2, -0.15) is 0 Å². The summed E-state index contributed by atoms with van der Waals surface area (Å²) in [6.45, 7) is 9.07. The van der Waals surface area contributed by atoms with Crippen molar-refractivity contribution in [2.75, 3.05) is 7.05 Å². The van der Waals surface area contributed by atoms with Gasteiger partial charge in [-0.1, -0.05) is 57.2 Å². The average molecular weight is 241 g/mol. The molecule has 0 saturated carbocycles. The zero-order valence-corrected chi connectivity index (χ0v) is 12.0. The SMILES string of the molecule is CNC(c1c(C)ccc2ccccc12)C(C)(C)C. The molecule has 1 nitrogen and oxygen atoms in total. The first-order valence-electron chi connectivity index (χ1n) is 6.60. The summed E-state index contributed by atoms with van der Waals surface area (Å²) < 4.78 is 0. The summed E-state index contributed by atoms with van der Waals surface area (Å²) in [5, 5.41) is 6.18. The summed E-state index contributed by atoms with van der Waals surface area (Å²) in [4.78, 5) is 0. The van der Waals surface area contributed by atoms with Gasteiger partial charge in [0, 0.05) is 6.04 Å². The van der Waals surface area contributed by atoms with Gasteiger partial charge in [-0.3, -0.25) is 0 Å². The van der Waals surface area contributed by atoms with Crippen molar-refractivity contribution >= 4 is 10.8 Å². The van der Waals surface area contributed by atoms with Crippen LogP contribution in [0.25, 0.3) is 10.8 Å². The van der Waals surface area contributed by atoms with Gasteiger partial charge in [-0.05, 0) is 41.3 Å². The predicted molar refractivity (Wildman–Crippen MR) is 79.9 cm³/mol. The summed E-state index contributed by atoms with van der Waals surface area (Å²) in [5.41, 5.74) is 3.00. The van der Waals surface area contributed by atoms with Gasteiger partial charge in [0.2, 0.25) is 0 Å². The van der Waals surface area contributed by atoms with Crippen LogP contribution in [0, 0.1) is 12.3 Å². The van der Waals surface area contributed by atoms with E-state index in [1.54, 1.807) is 0 Å².